The minimum absolute atomic E-state index is 0.229. The zero-order chi connectivity index (χ0) is 23.2. The third kappa shape index (κ3) is 3.64. The molecule has 1 aliphatic rings. The lowest BCUT2D eigenvalue weighted by molar-refractivity contribution is 0.386. The van der Waals surface area contributed by atoms with E-state index in [1.54, 1.807) is 30.1 Å². The van der Waals surface area contributed by atoms with Gasteiger partial charge in [-0.15, -0.1) is 10.2 Å². The van der Waals surface area contributed by atoms with Gasteiger partial charge in [0.05, 0.1) is 5.52 Å². The van der Waals surface area contributed by atoms with Gasteiger partial charge in [0.2, 0.25) is 10.0 Å². The molecule has 5 rings (SSSR count). The fourth-order valence-electron chi connectivity index (χ4n) is 4.36. The molecule has 0 unspecified atom stereocenters. The molecule has 0 amide bonds. The van der Waals surface area contributed by atoms with E-state index in [-0.39, 0.29) is 11.4 Å². The van der Waals surface area contributed by atoms with Gasteiger partial charge in [0.25, 0.3) is 0 Å². The predicted molar refractivity (Wildman–Crippen MR) is 127 cm³/mol. The molecule has 172 valence electrons. The number of hydrogen-bond acceptors (Lipinski definition) is 7. The molecule has 0 radical (unpaired) electrons. The summed E-state index contributed by atoms with van der Waals surface area (Å²) in [6, 6.07) is 8.95. The number of para-hydroxylation sites is 1. The highest BCUT2D eigenvalue weighted by Gasteiger charge is 2.34. The molecule has 0 aliphatic carbocycles. The first kappa shape index (κ1) is 22.1. The number of fused-ring (bicyclic) bond motifs is 2. The Bertz CT molecular complexity index is 1440. The smallest absolute Gasteiger partial charge is 0.245 e. The van der Waals surface area contributed by atoms with Crippen LogP contribution in [0, 0.1) is 0 Å². The Hall–Kier alpha value is -2.76. The molecular formula is C22H25N7O2S2. The van der Waals surface area contributed by atoms with Gasteiger partial charge in [-0.2, -0.15) is 9.40 Å². The molecule has 9 nitrogen and oxygen atoms in total. The molecular weight excluding hydrogens is 458 g/mol. The third-order valence-electron chi connectivity index (χ3n) is 5.94. The van der Waals surface area contributed by atoms with Crippen LogP contribution in [-0.4, -0.2) is 54.5 Å². The van der Waals surface area contributed by atoms with E-state index in [9.17, 15) is 8.42 Å². The van der Waals surface area contributed by atoms with E-state index in [1.807, 2.05) is 41.4 Å². The average molecular weight is 484 g/mol. The van der Waals surface area contributed by atoms with Gasteiger partial charge >= 0.3 is 0 Å². The van der Waals surface area contributed by atoms with Gasteiger partial charge in [-0.05, 0) is 24.8 Å². The Morgan fingerprint density at radius 3 is 2.73 bits per heavy atom. The van der Waals surface area contributed by atoms with Gasteiger partial charge in [0.15, 0.2) is 11.0 Å². The van der Waals surface area contributed by atoms with Crippen molar-refractivity contribution < 1.29 is 8.42 Å². The molecule has 0 atom stereocenters. The Balaban J connectivity index is 1.57. The second-order valence-corrected chi connectivity index (χ2v) is 10.9. The number of rotatable bonds is 6. The Morgan fingerprint density at radius 2 is 1.94 bits per heavy atom. The summed E-state index contributed by atoms with van der Waals surface area (Å²) in [5, 5.41) is 15.1. The van der Waals surface area contributed by atoms with Crippen molar-refractivity contribution in [1.29, 1.82) is 0 Å². The number of pyridine rings is 1. The van der Waals surface area contributed by atoms with Crippen molar-refractivity contribution >= 4 is 32.7 Å². The quantitative estimate of drug-likeness (QED) is 0.389. The molecule has 4 heterocycles. The molecule has 0 saturated heterocycles. The van der Waals surface area contributed by atoms with Gasteiger partial charge in [0, 0.05) is 55.9 Å². The van der Waals surface area contributed by atoms with Gasteiger partial charge in [-0.3, -0.25) is 9.67 Å². The maximum atomic E-state index is 13.7. The molecule has 0 bridgehead atoms. The predicted octanol–water partition coefficient (Wildman–Crippen LogP) is 3.11. The largest absolute Gasteiger partial charge is 0.301 e. The lowest BCUT2D eigenvalue weighted by Gasteiger charge is -2.27. The van der Waals surface area contributed by atoms with Crippen LogP contribution in [0.2, 0.25) is 0 Å². The van der Waals surface area contributed by atoms with Crippen LogP contribution in [0.25, 0.3) is 22.4 Å². The third-order valence-corrected chi connectivity index (χ3v) is 8.66. The molecule has 0 saturated carbocycles. The molecule has 11 heteroatoms. The van der Waals surface area contributed by atoms with Crippen molar-refractivity contribution in [2.45, 2.75) is 43.4 Å². The normalized spacial score (nSPS) is 14.6. The van der Waals surface area contributed by atoms with Crippen LogP contribution in [-0.2, 0) is 36.6 Å². The van der Waals surface area contributed by atoms with Crippen molar-refractivity contribution in [2.75, 3.05) is 12.3 Å². The van der Waals surface area contributed by atoms with Crippen LogP contribution in [0.1, 0.15) is 25.1 Å². The summed E-state index contributed by atoms with van der Waals surface area (Å²) >= 11 is 1.63. The molecule has 4 aromatic rings. The fraction of sp³-hybridized carbons (Fsp3) is 0.364. The van der Waals surface area contributed by atoms with E-state index >= 15 is 0 Å². The first-order chi connectivity index (χ1) is 16.0. The highest BCUT2D eigenvalue weighted by molar-refractivity contribution is 7.99. The van der Waals surface area contributed by atoms with Crippen LogP contribution < -0.4 is 0 Å². The second-order valence-electron chi connectivity index (χ2n) is 7.80. The van der Waals surface area contributed by atoms with Gasteiger partial charge in [-0.1, -0.05) is 36.9 Å². The van der Waals surface area contributed by atoms with Crippen molar-refractivity contribution in [3.05, 3.63) is 47.8 Å². The van der Waals surface area contributed by atoms with Crippen LogP contribution in [0.5, 0.6) is 0 Å². The van der Waals surface area contributed by atoms with Crippen LogP contribution in [0.4, 0.5) is 0 Å². The van der Waals surface area contributed by atoms with Crippen LogP contribution in [0.3, 0.4) is 0 Å². The minimum atomic E-state index is -3.75. The number of sulfonamides is 1. The zero-order valence-corrected chi connectivity index (χ0v) is 20.4. The maximum absolute atomic E-state index is 13.7. The molecule has 0 N–H and O–H groups in total. The lowest BCUT2D eigenvalue weighted by Crippen LogP contribution is -2.36. The topological polar surface area (TPSA) is 98.8 Å². The van der Waals surface area contributed by atoms with E-state index in [1.165, 1.54) is 4.31 Å². The summed E-state index contributed by atoms with van der Waals surface area (Å²) in [6.07, 6.45) is 2.20. The molecule has 1 aromatic carbocycles. The van der Waals surface area contributed by atoms with E-state index in [4.69, 9.17) is 5.10 Å². The summed E-state index contributed by atoms with van der Waals surface area (Å²) in [5.41, 5.74) is 3.10. The molecule has 1 aliphatic heterocycles. The molecule has 0 fully saturated rings. The molecule has 3 aromatic heterocycles. The maximum Gasteiger partial charge on any atom is 0.245 e. The molecule has 0 spiro atoms. The van der Waals surface area contributed by atoms with Gasteiger partial charge in [-0.25, -0.2) is 8.42 Å². The number of nitrogens with zero attached hydrogens (tertiary/aromatic N) is 7. The highest BCUT2D eigenvalue weighted by atomic mass is 32.2. The number of aromatic nitrogens is 6. The van der Waals surface area contributed by atoms with Crippen molar-refractivity contribution in [2.24, 2.45) is 7.05 Å². The first-order valence-corrected chi connectivity index (χ1v) is 13.3. The highest BCUT2D eigenvalue weighted by Crippen LogP contribution is 2.34. The van der Waals surface area contributed by atoms with E-state index < -0.39 is 10.0 Å². The van der Waals surface area contributed by atoms with Gasteiger partial charge in [0.1, 0.15) is 10.6 Å². The van der Waals surface area contributed by atoms with E-state index in [0.717, 1.165) is 27.6 Å². The van der Waals surface area contributed by atoms with E-state index in [0.29, 0.717) is 36.5 Å². The fourth-order valence-corrected chi connectivity index (χ4v) is 6.66. The first-order valence-electron chi connectivity index (χ1n) is 10.9. The Morgan fingerprint density at radius 1 is 1.12 bits per heavy atom. The standard InChI is InChI=1S/C22H25N7O2S2/c1-4-29-21(24-25-22(29)32-5-2)20-16-14-28(13-11-17(16)27(3)26-20)33(30,31)18-10-6-8-15-9-7-12-23-19(15)18/h6-10,12H,4-5,11,13-14H2,1-3H3. The number of aryl methyl sites for hydroxylation is 1. The number of thioether (sulfide) groups is 1. The van der Waals surface area contributed by atoms with Gasteiger partial charge < -0.3 is 4.57 Å². The molecule has 33 heavy (non-hydrogen) atoms. The van der Waals surface area contributed by atoms with E-state index in [2.05, 4.69) is 22.1 Å². The second kappa shape index (κ2) is 8.54. The average Bonchev–Trinajstić information content (AvgIpc) is 3.38. The summed E-state index contributed by atoms with van der Waals surface area (Å²) in [7, 11) is -1.85. The zero-order valence-electron chi connectivity index (χ0n) is 18.8. The SMILES string of the molecule is CCSc1nnc(-c2nn(C)c3c2CN(S(=O)(=O)c2cccc4cccnc24)CC3)n1CC. The van der Waals surface area contributed by atoms with Crippen molar-refractivity contribution in [3.63, 3.8) is 0 Å². The van der Waals surface area contributed by atoms with Crippen LogP contribution >= 0.6 is 11.8 Å². The summed E-state index contributed by atoms with van der Waals surface area (Å²) in [6.45, 7) is 5.45. The van der Waals surface area contributed by atoms with Crippen LogP contribution in [0.15, 0.2) is 46.6 Å². The summed E-state index contributed by atoms with van der Waals surface area (Å²) in [4.78, 5) is 4.58. The Kier molecular flexibility index (Phi) is 5.71. The monoisotopic (exact) mass is 483 g/mol. The lowest BCUT2D eigenvalue weighted by atomic mass is 10.1. The summed E-state index contributed by atoms with van der Waals surface area (Å²) in [5.74, 6) is 1.57. The Labute approximate surface area is 196 Å². The summed E-state index contributed by atoms with van der Waals surface area (Å²) < 4.78 is 32.8. The van der Waals surface area contributed by atoms with Crippen molar-refractivity contribution in [3.8, 4) is 11.5 Å². The number of benzene rings is 1. The number of hydrogen-bond donors (Lipinski definition) is 0. The minimum Gasteiger partial charge on any atom is -0.301 e. The van der Waals surface area contributed by atoms with Crippen molar-refractivity contribution in [1.82, 2.24) is 33.8 Å².